The van der Waals surface area contributed by atoms with Crippen LogP contribution in [0.2, 0.25) is 0 Å². The highest BCUT2D eigenvalue weighted by Crippen LogP contribution is 2.45. The van der Waals surface area contributed by atoms with Gasteiger partial charge in [0.25, 0.3) is 0 Å². The highest BCUT2D eigenvalue weighted by molar-refractivity contribution is 6.28. The molecule has 0 aliphatic carbocycles. The number of para-hydroxylation sites is 6. The van der Waals surface area contributed by atoms with Crippen molar-refractivity contribution >= 4 is 190 Å². The molecule has 127 heavy (non-hydrogen) atoms. The smallest absolute Gasteiger partial charge is 0.146 e. The van der Waals surface area contributed by atoms with Gasteiger partial charge in [0.15, 0.2) is 0 Å². The van der Waals surface area contributed by atoms with E-state index < -0.39 is 0 Å². The number of hydrogen-bond acceptors (Lipinski definition) is 3. The Hall–Kier alpha value is -16.9. The number of nitrogens with zero attached hydrogens (tertiary/aromatic N) is 6. The molecule has 588 valence electrons. The minimum Gasteiger partial charge on any atom is -0.292 e. The maximum Gasteiger partial charge on any atom is 0.146 e. The molecule has 0 bridgehead atoms. The third-order valence-corrected chi connectivity index (χ3v) is 26.6. The van der Waals surface area contributed by atoms with Crippen molar-refractivity contribution in [2.45, 2.75) is 0 Å². The molecule has 28 aromatic rings. The summed E-state index contributed by atoms with van der Waals surface area (Å²) >= 11 is 0. The van der Waals surface area contributed by atoms with Gasteiger partial charge in [0.1, 0.15) is 16.9 Å². The second-order valence-electron chi connectivity index (χ2n) is 33.6. The first kappa shape index (κ1) is 71.8. The van der Waals surface area contributed by atoms with Crippen LogP contribution in [0.3, 0.4) is 0 Å². The van der Waals surface area contributed by atoms with Crippen LogP contribution in [0.5, 0.6) is 0 Å². The zero-order valence-electron chi connectivity index (χ0n) is 68.9. The van der Waals surface area contributed by atoms with E-state index in [4.69, 9.17) is 15.0 Å². The van der Waals surface area contributed by atoms with E-state index in [-0.39, 0.29) is 0 Å². The molecule has 0 saturated heterocycles. The molecular formula is C121H74N6. The van der Waals surface area contributed by atoms with Gasteiger partial charge in [-0.05, 0) is 227 Å². The first-order valence-electron chi connectivity index (χ1n) is 43.6. The van der Waals surface area contributed by atoms with E-state index in [0.717, 1.165) is 50.0 Å². The van der Waals surface area contributed by atoms with E-state index >= 15 is 0 Å². The quantitative estimate of drug-likeness (QED) is 0.156. The van der Waals surface area contributed by atoms with Gasteiger partial charge in [-0.3, -0.25) is 13.2 Å². The molecule has 0 aliphatic heterocycles. The molecule has 0 radical (unpaired) electrons. The van der Waals surface area contributed by atoms with Crippen molar-refractivity contribution in [2.24, 2.45) is 0 Å². The average molecular weight is 1610 g/mol. The summed E-state index contributed by atoms with van der Waals surface area (Å²) in [5.74, 6) is 0. The lowest BCUT2D eigenvalue weighted by molar-refractivity contribution is 1.32. The Bertz CT molecular complexity index is 9450. The normalized spacial score (nSPS) is 11.9. The van der Waals surface area contributed by atoms with Gasteiger partial charge in [-0.2, -0.15) is 0 Å². The standard InChI is InChI=1S/C43H26N2.2C39H24N2/c1-4-12-33-28(9-1)21-24-37-42(33)36-23-22-30(26-41(36)45-40-16-8-7-15-39(40)44-43(37)45)27-17-19-29(20-18-27)38-25-31-10-2-3-11-32(31)34-13-5-6-14-35(34)38;1-3-11-30-26(8-1)10-7-13-31(30)28-18-16-25(17-19-28)29-21-22-33-37(24-29)41-36-15-6-5-14-35(36)40-39(41)34-23-20-27-9-2-4-12-32(27)38(33)34;1-2-9-29-23-30(18-17-25(29)7-1)26-13-15-27(16-14-26)31-20-21-33-37(24-31)41-36-12-6-5-11-35(36)40-39(41)34-22-19-28-8-3-4-10-32(28)38(33)34/h1-26H;2*1-24H. The summed E-state index contributed by atoms with van der Waals surface area (Å²) in [6.45, 7) is 0. The van der Waals surface area contributed by atoms with E-state index in [2.05, 4.69) is 462 Å². The summed E-state index contributed by atoms with van der Waals surface area (Å²) in [6.07, 6.45) is 0. The number of rotatable bonds is 6. The minimum absolute atomic E-state index is 1.00. The Balaban J connectivity index is 0.000000101. The molecule has 0 N–H and O–H groups in total. The lowest BCUT2D eigenvalue weighted by Crippen LogP contribution is -1.93. The zero-order chi connectivity index (χ0) is 83.3. The summed E-state index contributed by atoms with van der Waals surface area (Å²) in [4.78, 5) is 15.4. The number of pyridine rings is 3. The third kappa shape index (κ3) is 11.6. The molecule has 28 rings (SSSR count). The van der Waals surface area contributed by atoms with Gasteiger partial charge in [0.05, 0.1) is 49.7 Å². The molecule has 22 aromatic carbocycles. The van der Waals surface area contributed by atoms with Crippen LogP contribution in [0.15, 0.2) is 449 Å². The lowest BCUT2D eigenvalue weighted by atomic mass is 9.92. The molecule has 6 heteroatoms. The van der Waals surface area contributed by atoms with Crippen molar-refractivity contribution in [1.29, 1.82) is 0 Å². The fourth-order valence-electron chi connectivity index (χ4n) is 20.6. The third-order valence-electron chi connectivity index (χ3n) is 26.6. The lowest BCUT2D eigenvalue weighted by Gasteiger charge is -2.14. The summed E-state index contributed by atoms with van der Waals surface area (Å²) in [5, 5.41) is 28.8. The van der Waals surface area contributed by atoms with Crippen LogP contribution in [0.1, 0.15) is 0 Å². The van der Waals surface area contributed by atoms with E-state index in [1.807, 2.05) is 0 Å². The van der Waals surface area contributed by atoms with E-state index in [0.29, 0.717) is 0 Å². The fourth-order valence-corrected chi connectivity index (χ4v) is 20.6. The Morgan fingerprint density at radius 3 is 0.850 bits per heavy atom. The molecular weight excluding hydrogens is 1540 g/mol. The van der Waals surface area contributed by atoms with Gasteiger partial charge in [0.2, 0.25) is 0 Å². The van der Waals surface area contributed by atoms with Crippen molar-refractivity contribution in [3.63, 3.8) is 0 Å². The fraction of sp³-hybridized carbons (Fsp3) is 0. The van der Waals surface area contributed by atoms with Crippen LogP contribution < -0.4 is 0 Å². The summed E-state index contributed by atoms with van der Waals surface area (Å²) in [6, 6.07) is 163. The van der Waals surface area contributed by atoms with Crippen LogP contribution in [0.4, 0.5) is 0 Å². The van der Waals surface area contributed by atoms with Crippen LogP contribution in [-0.2, 0) is 0 Å². The molecule has 0 saturated carbocycles. The van der Waals surface area contributed by atoms with Crippen molar-refractivity contribution in [2.75, 3.05) is 0 Å². The molecule has 0 atom stereocenters. The Morgan fingerprint density at radius 2 is 0.417 bits per heavy atom. The summed E-state index contributed by atoms with van der Waals surface area (Å²) in [7, 11) is 0. The second-order valence-corrected chi connectivity index (χ2v) is 33.6. The second kappa shape index (κ2) is 28.9. The molecule has 6 heterocycles. The predicted octanol–water partition coefficient (Wildman–Crippen LogP) is 32.5. The monoisotopic (exact) mass is 1610 g/mol. The minimum atomic E-state index is 1.00. The maximum absolute atomic E-state index is 5.16. The SMILES string of the molecule is c1ccc2c(-c3ccc(-c4ccc5c6c7ccccc7ccc6c6nc7ccccc7n6c5c4)cc3)cccc2c1.c1ccc2c(c1)cc(-c1ccc(-c3ccc4c5c6ccccc6ccc5c5nc6ccccc6n5c4c3)cc1)c1ccccc12.c1ccc2cc(-c3ccc(-c4ccc5c6c7ccccc7ccc6c6nc7ccccc7n6c5c4)cc3)ccc2c1. The number of hydrogen-bond donors (Lipinski definition) is 0. The number of imidazole rings is 3. The Kier molecular flexibility index (Phi) is 16.3. The molecule has 0 amide bonds. The highest BCUT2D eigenvalue weighted by Gasteiger charge is 2.22. The Labute approximate surface area is 729 Å². The van der Waals surface area contributed by atoms with Crippen molar-refractivity contribution in [3.8, 4) is 66.8 Å². The van der Waals surface area contributed by atoms with Crippen molar-refractivity contribution in [1.82, 2.24) is 28.2 Å². The van der Waals surface area contributed by atoms with Crippen LogP contribution >= 0.6 is 0 Å². The van der Waals surface area contributed by atoms with Crippen LogP contribution in [0.25, 0.3) is 257 Å². The summed E-state index contributed by atoms with van der Waals surface area (Å²) < 4.78 is 7.03. The van der Waals surface area contributed by atoms with Crippen LogP contribution in [-0.4, -0.2) is 28.2 Å². The highest BCUT2D eigenvalue weighted by atomic mass is 15.0. The van der Waals surface area contributed by atoms with Gasteiger partial charge in [0, 0.05) is 48.5 Å². The van der Waals surface area contributed by atoms with Gasteiger partial charge in [-0.1, -0.05) is 364 Å². The number of benzene rings is 22. The largest absolute Gasteiger partial charge is 0.292 e. The number of aromatic nitrogens is 6. The predicted molar refractivity (Wildman–Crippen MR) is 538 cm³/mol. The van der Waals surface area contributed by atoms with Crippen molar-refractivity contribution in [3.05, 3.63) is 449 Å². The maximum atomic E-state index is 5.16. The number of fused-ring (bicyclic) bond motifs is 35. The molecule has 0 aliphatic rings. The Morgan fingerprint density at radius 1 is 0.134 bits per heavy atom. The molecule has 6 aromatic heterocycles. The van der Waals surface area contributed by atoms with E-state index in [9.17, 15) is 0 Å². The van der Waals surface area contributed by atoms with E-state index in [1.54, 1.807) is 0 Å². The van der Waals surface area contributed by atoms with Gasteiger partial charge in [-0.25, -0.2) is 15.0 Å². The van der Waals surface area contributed by atoms with E-state index in [1.165, 1.54) is 207 Å². The van der Waals surface area contributed by atoms with Gasteiger partial charge < -0.3 is 0 Å². The topological polar surface area (TPSA) is 51.9 Å². The zero-order valence-corrected chi connectivity index (χ0v) is 68.9. The van der Waals surface area contributed by atoms with Gasteiger partial charge in [-0.15, -0.1) is 0 Å². The van der Waals surface area contributed by atoms with Gasteiger partial charge >= 0.3 is 0 Å². The first-order valence-corrected chi connectivity index (χ1v) is 43.6. The van der Waals surface area contributed by atoms with Crippen molar-refractivity contribution < 1.29 is 0 Å². The molecule has 0 fully saturated rings. The molecule has 6 nitrogen and oxygen atoms in total. The summed E-state index contributed by atoms with van der Waals surface area (Å²) in [5.41, 5.74) is 27.6. The molecule has 0 spiro atoms. The molecule has 0 unspecified atom stereocenters. The van der Waals surface area contributed by atoms with Crippen LogP contribution in [0, 0.1) is 0 Å². The average Bonchev–Trinajstić information content (AvgIpc) is 1.63. The first-order chi connectivity index (χ1) is 63.0.